The third-order valence-corrected chi connectivity index (χ3v) is 6.18. The monoisotopic (exact) mass is 336 g/mol. The van der Waals surface area contributed by atoms with Crippen LogP contribution in [0.25, 0.3) is 0 Å². The van der Waals surface area contributed by atoms with E-state index in [-0.39, 0.29) is 21.0 Å². The second-order valence-corrected chi connectivity index (χ2v) is 8.20. The number of benzene rings is 1. The lowest BCUT2D eigenvalue weighted by Crippen LogP contribution is -2.33. The SMILES string of the molecule is CC(C)C1(CNS(=O)(=O)c2c(N)cc(Cl)cc2Cl)CC1. The topological polar surface area (TPSA) is 72.2 Å². The Morgan fingerprint density at radius 3 is 2.40 bits per heavy atom. The van der Waals surface area contributed by atoms with Gasteiger partial charge in [0.25, 0.3) is 0 Å². The normalized spacial score (nSPS) is 17.4. The number of anilines is 1. The summed E-state index contributed by atoms with van der Waals surface area (Å²) in [5, 5.41) is 0.351. The Hall–Kier alpha value is -0.490. The van der Waals surface area contributed by atoms with Crippen molar-refractivity contribution in [1.82, 2.24) is 4.72 Å². The number of nitrogens with two attached hydrogens (primary N) is 1. The molecule has 0 radical (unpaired) electrons. The molecule has 3 N–H and O–H groups in total. The molecule has 0 amide bonds. The zero-order valence-electron chi connectivity index (χ0n) is 11.4. The largest absolute Gasteiger partial charge is 0.398 e. The molecule has 1 aliphatic carbocycles. The Bertz CT molecular complexity index is 602. The molecule has 1 aromatic carbocycles. The molecule has 0 aliphatic heterocycles. The van der Waals surface area contributed by atoms with Crippen molar-refractivity contribution in [3.63, 3.8) is 0 Å². The fourth-order valence-corrected chi connectivity index (χ4v) is 4.41. The van der Waals surface area contributed by atoms with Gasteiger partial charge in [0, 0.05) is 11.6 Å². The van der Waals surface area contributed by atoms with Gasteiger partial charge >= 0.3 is 0 Å². The van der Waals surface area contributed by atoms with Gasteiger partial charge in [-0.25, -0.2) is 13.1 Å². The Balaban J connectivity index is 2.24. The van der Waals surface area contributed by atoms with Crippen LogP contribution in [0.3, 0.4) is 0 Å². The highest BCUT2D eigenvalue weighted by Crippen LogP contribution is 2.51. The van der Waals surface area contributed by atoms with E-state index in [1.165, 1.54) is 12.1 Å². The Morgan fingerprint density at radius 1 is 1.35 bits per heavy atom. The van der Waals surface area contributed by atoms with Crippen LogP contribution < -0.4 is 10.5 Å². The summed E-state index contributed by atoms with van der Waals surface area (Å²) >= 11 is 11.8. The van der Waals surface area contributed by atoms with Crippen LogP contribution in [0.4, 0.5) is 5.69 Å². The average molecular weight is 337 g/mol. The van der Waals surface area contributed by atoms with E-state index >= 15 is 0 Å². The van der Waals surface area contributed by atoms with E-state index in [0.29, 0.717) is 17.5 Å². The van der Waals surface area contributed by atoms with Crippen molar-refractivity contribution in [2.24, 2.45) is 11.3 Å². The van der Waals surface area contributed by atoms with Crippen molar-refractivity contribution in [2.75, 3.05) is 12.3 Å². The lowest BCUT2D eigenvalue weighted by molar-refractivity contribution is 0.357. The summed E-state index contributed by atoms with van der Waals surface area (Å²) in [6, 6.07) is 2.76. The summed E-state index contributed by atoms with van der Waals surface area (Å²) in [4.78, 5) is -0.0943. The number of hydrogen-bond acceptors (Lipinski definition) is 3. The zero-order valence-corrected chi connectivity index (χ0v) is 13.7. The van der Waals surface area contributed by atoms with Crippen LogP contribution in [0.15, 0.2) is 17.0 Å². The molecule has 112 valence electrons. The van der Waals surface area contributed by atoms with Gasteiger partial charge in [0.2, 0.25) is 10.0 Å². The second-order valence-electron chi connectivity index (χ2n) is 5.65. The van der Waals surface area contributed by atoms with Crippen LogP contribution >= 0.6 is 23.2 Å². The molecule has 0 saturated heterocycles. The molecule has 0 aromatic heterocycles. The first-order chi connectivity index (χ1) is 9.18. The fraction of sp³-hybridized carbons (Fsp3) is 0.538. The molecule has 0 bridgehead atoms. The van der Waals surface area contributed by atoms with E-state index in [2.05, 4.69) is 18.6 Å². The molecule has 0 spiro atoms. The van der Waals surface area contributed by atoms with Crippen molar-refractivity contribution in [3.05, 3.63) is 22.2 Å². The Kier molecular flexibility index (Phi) is 4.27. The molecule has 0 atom stereocenters. The van der Waals surface area contributed by atoms with Crippen LogP contribution in [-0.2, 0) is 10.0 Å². The molecule has 1 aliphatic rings. The van der Waals surface area contributed by atoms with E-state index in [1.807, 2.05) is 0 Å². The number of halogens is 2. The summed E-state index contributed by atoms with van der Waals surface area (Å²) in [5.74, 6) is 0.434. The molecule has 1 aromatic rings. The van der Waals surface area contributed by atoms with Gasteiger partial charge in [-0.3, -0.25) is 0 Å². The van der Waals surface area contributed by atoms with Crippen LogP contribution in [0.2, 0.25) is 10.0 Å². The van der Waals surface area contributed by atoms with Crippen LogP contribution in [-0.4, -0.2) is 15.0 Å². The van der Waals surface area contributed by atoms with Gasteiger partial charge < -0.3 is 5.73 Å². The third-order valence-electron chi connectivity index (χ3n) is 4.04. The van der Waals surface area contributed by atoms with Gasteiger partial charge in [-0.1, -0.05) is 37.0 Å². The van der Waals surface area contributed by atoms with E-state index in [0.717, 1.165) is 12.8 Å². The second kappa shape index (κ2) is 5.37. The minimum absolute atomic E-state index is 0.0388. The van der Waals surface area contributed by atoms with E-state index in [1.54, 1.807) is 0 Å². The van der Waals surface area contributed by atoms with Gasteiger partial charge in [0.05, 0.1) is 10.7 Å². The first kappa shape index (κ1) is 15.9. The van der Waals surface area contributed by atoms with Crippen LogP contribution in [0.1, 0.15) is 26.7 Å². The summed E-state index contributed by atoms with van der Waals surface area (Å²) in [6.45, 7) is 4.61. The average Bonchev–Trinajstić information content (AvgIpc) is 3.05. The number of sulfonamides is 1. The summed E-state index contributed by atoms with van der Waals surface area (Å²) in [7, 11) is -3.73. The standard InChI is InChI=1S/C13H18Cl2N2O2S/c1-8(2)13(3-4-13)7-17-20(18,19)12-10(15)5-9(14)6-11(12)16/h5-6,8,17H,3-4,7,16H2,1-2H3. The lowest BCUT2D eigenvalue weighted by atomic mass is 9.93. The molecule has 1 fully saturated rings. The van der Waals surface area contributed by atoms with Gasteiger partial charge in [0.1, 0.15) is 4.90 Å². The first-order valence-corrected chi connectivity index (χ1v) is 8.66. The van der Waals surface area contributed by atoms with Crippen LogP contribution in [0, 0.1) is 11.3 Å². The van der Waals surface area contributed by atoms with Gasteiger partial charge in [-0.2, -0.15) is 0 Å². The van der Waals surface area contributed by atoms with E-state index in [9.17, 15) is 8.42 Å². The maximum absolute atomic E-state index is 12.4. The highest BCUT2D eigenvalue weighted by molar-refractivity contribution is 7.89. The molecule has 1 saturated carbocycles. The van der Waals surface area contributed by atoms with Gasteiger partial charge in [-0.05, 0) is 36.3 Å². The van der Waals surface area contributed by atoms with Gasteiger partial charge in [-0.15, -0.1) is 0 Å². The predicted octanol–water partition coefficient (Wildman–Crippen LogP) is 3.29. The fourth-order valence-electron chi connectivity index (χ4n) is 2.29. The van der Waals surface area contributed by atoms with Crippen molar-refractivity contribution in [2.45, 2.75) is 31.6 Å². The summed E-state index contributed by atoms with van der Waals surface area (Å²) in [5.41, 5.74) is 5.86. The third kappa shape index (κ3) is 3.06. The lowest BCUT2D eigenvalue weighted by Gasteiger charge is -2.20. The minimum Gasteiger partial charge on any atom is -0.398 e. The maximum atomic E-state index is 12.4. The summed E-state index contributed by atoms with van der Waals surface area (Å²) < 4.78 is 27.4. The van der Waals surface area contributed by atoms with Crippen molar-refractivity contribution in [3.8, 4) is 0 Å². The van der Waals surface area contributed by atoms with Crippen molar-refractivity contribution < 1.29 is 8.42 Å². The number of nitrogen functional groups attached to an aromatic ring is 1. The Labute approximate surface area is 129 Å². The van der Waals surface area contributed by atoms with Crippen LogP contribution in [0.5, 0.6) is 0 Å². The molecule has 0 heterocycles. The van der Waals surface area contributed by atoms with E-state index in [4.69, 9.17) is 28.9 Å². The smallest absolute Gasteiger partial charge is 0.244 e. The number of rotatable bonds is 5. The molecular formula is C13H18Cl2N2O2S. The predicted molar refractivity (Wildman–Crippen MR) is 82.6 cm³/mol. The number of nitrogens with one attached hydrogen (secondary N) is 1. The zero-order chi connectivity index (χ0) is 15.1. The van der Waals surface area contributed by atoms with Gasteiger partial charge in [0.15, 0.2) is 0 Å². The molecule has 7 heteroatoms. The molecule has 20 heavy (non-hydrogen) atoms. The molecule has 4 nitrogen and oxygen atoms in total. The highest BCUT2D eigenvalue weighted by atomic mass is 35.5. The number of hydrogen-bond donors (Lipinski definition) is 2. The maximum Gasteiger partial charge on any atom is 0.244 e. The molecule has 2 rings (SSSR count). The van der Waals surface area contributed by atoms with Crippen molar-refractivity contribution >= 4 is 38.9 Å². The quantitative estimate of drug-likeness (QED) is 0.810. The summed E-state index contributed by atoms with van der Waals surface area (Å²) in [6.07, 6.45) is 2.08. The first-order valence-electron chi connectivity index (χ1n) is 6.42. The van der Waals surface area contributed by atoms with Crippen molar-refractivity contribution in [1.29, 1.82) is 0 Å². The van der Waals surface area contributed by atoms with E-state index < -0.39 is 10.0 Å². The molecule has 0 unspecified atom stereocenters. The molecular weight excluding hydrogens is 319 g/mol. The Morgan fingerprint density at radius 2 is 1.95 bits per heavy atom. The minimum atomic E-state index is -3.73. The highest BCUT2D eigenvalue weighted by Gasteiger charge is 2.45.